The number of likely N-dealkylation sites (tertiary alicyclic amines) is 2. The van der Waals surface area contributed by atoms with E-state index in [-0.39, 0.29) is 29.5 Å². The first-order chi connectivity index (χ1) is 44.7. The third-order valence-corrected chi connectivity index (χ3v) is 19.4. The van der Waals surface area contributed by atoms with Crippen molar-refractivity contribution in [2.75, 3.05) is 154 Å². The minimum atomic E-state index is 0.0558. The van der Waals surface area contributed by atoms with Crippen LogP contribution in [0.3, 0.4) is 0 Å². The molecule has 5 heterocycles. The molecule has 5 saturated heterocycles. The first-order valence-electron chi connectivity index (χ1n) is 35.1. The number of carbonyl (C=O) groups excluding carboxylic acids is 5. The number of likely N-dealkylation sites (N-methyl/N-ethyl adjacent to an activating group) is 3. The van der Waals surface area contributed by atoms with Crippen LogP contribution < -0.4 is 0 Å². The number of carbonyl (C=O) groups is 5. The van der Waals surface area contributed by atoms with Crippen molar-refractivity contribution in [3.05, 3.63) is 177 Å². The molecule has 514 valence electrons. The highest BCUT2D eigenvalue weighted by Crippen LogP contribution is 2.24. The van der Waals surface area contributed by atoms with E-state index >= 15 is 0 Å². The molecule has 5 amide bonds. The lowest BCUT2D eigenvalue weighted by Crippen LogP contribution is -2.54. The first kappa shape index (κ1) is 76.3. The Bertz CT molecular complexity index is 3080. The molecule has 5 aliphatic heterocycles. The van der Waals surface area contributed by atoms with Gasteiger partial charge in [-0.1, -0.05) is 137 Å². The van der Waals surface area contributed by atoms with Crippen molar-refractivity contribution in [3.63, 3.8) is 0 Å². The largest absolute Gasteiger partial charge is 0.345 e. The number of rotatable bonds is 13. The average molecular weight is 1290 g/mol. The van der Waals surface area contributed by atoms with Gasteiger partial charge in [-0.05, 0) is 185 Å². The van der Waals surface area contributed by atoms with E-state index in [9.17, 15) is 24.0 Å². The van der Waals surface area contributed by atoms with Crippen molar-refractivity contribution in [1.82, 2.24) is 49.0 Å². The van der Waals surface area contributed by atoms with Crippen molar-refractivity contribution in [2.45, 2.75) is 137 Å². The van der Waals surface area contributed by atoms with Gasteiger partial charge in [0.15, 0.2) is 0 Å². The van der Waals surface area contributed by atoms with Crippen molar-refractivity contribution >= 4 is 29.5 Å². The van der Waals surface area contributed by atoms with Crippen LogP contribution in [0.5, 0.6) is 0 Å². The fraction of sp³-hybridized carbons (Fsp3) is 0.557. The summed E-state index contributed by atoms with van der Waals surface area (Å²) in [4.78, 5) is 82.7. The Morgan fingerprint density at radius 2 is 0.649 bits per heavy atom. The van der Waals surface area contributed by atoms with Crippen LogP contribution in [-0.4, -0.2) is 244 Å². The number of amides is 5. The topological polar surface area (TPSA) is 118 Å². The smallest absolute Gasteiger partial charge is 0.253 e. The lowest BCUT2D eigenvalue weighted by molar-refractivity contribution is 0.0474. The molecule has 5 aromatic carbocycles. The lowest BCUT2D eigenvalue weighted by atomic mass is 10.0. The van der Waals surface area contributed by atoms with Crippen LogP contribution in [0.15, 0.2) is 121 Å². The molecule has 15 nitrogen and oxygen atoms in total. The molecular formula is C79H118N10O5. The fourth-order valence-corrected chi connectivity index (χ4v) is 12.3. The number of hydrogen-bond acceptors (Lipinski definition) is 10. The first-order valence-corrected chi connectivity index (χ1v) is 35.1. The standard InChI is InChI=1S/C20H31N3O.2C16H24N2O.C15H22N2O.C12H17NO/c1-16(2)17-4-6-18(7-5-17)20(24)23-14-12-22(13-15-23)19-8-10-21(3)11-9-19;1-12(2)13-5-7-14(8-6-13)16(19)18-10-9-15(11-18)17(3)4;1-4-17-9-11-18(12-10-17)16(19)15-7-5-14(6-8-15)13(2)3;1-12(2)13-4-6-14(7-5-13)15(18)17-10-8-16(3)9-11-17;1-9(2)10-5-7-11(8-6-10)12(14)13(3)4/h4-7,16,19H,8-15H2,1-3H3;5-8,12,15H,9-11H2,1-4H3;5-8,13H,4,9-12H2,1-3H3;4-7,12H,8-11H2,1-3H3;5-9H,1-4H3. The maximum absolute atomic E-state index is 12.7. The van der Waals surface area contributed by atoms with Crippen LogP contribution in [0, 0.1) is 0 Å². The maximum atomic E-state index is 12.7. The van der Waals surface area contributed by atoms with E-state index < -0.39 is 0 Å². The second-order valence-corrected chi connectivity index (χ2v) is 28.4. The van der Waals surface area contributed by atoms with E-state index in [1.54, 1.807) is 19.0 Å². The molecule has 5 aliphatic rings. The average Bonchev–Trinajstić information content (AvgIpc) is 1.15. The Morgan fingerprint density at radius 3 is 0.936 bits per heavy atom. The van der Waals surface area contributed by atoms with Gasteiger partial charge < -0.3 is 44.1 Å². The highest BCUT2D eigenvalue weighted by atomic mass is 16.2. The van der Waals surface area contributed by atoms with Gasteiger partial charge in [0.1, 0.15) is 0 Å². The van der Waals surface area contributed by atoms with Gasteiger partial charge >= 0.3 is 0 Å². The molecule has 0 bridgehead atoms. The Morgan fingerprint density at radius 1 is 0.362 bits per heavy atom. The third kappa shape index (κ3) is 23.0. The van der Waals surface area contributed by atoms with Crippen LogP contribution in [0.4, 0.5) is 0 Å². The van der Waals surface area contributed by atoms with Gasteiger partial charge in [0.2, 0.25) is 0 Å². The molecule has 15 heteroatoms. The Labute approximate surface area is 567 Å². The number of benzene rings is 5. The van der Waals surface area contributed by atoms with Crippen molar-refractivity contribution in [2.24, 2.45) is 0 Å². The summed E-state index contributed by atoms with van der Waals surface area (Å²) < 4.78 is 0. The predicted octanol–water partition coefficient (Wildman–Crippen LogP) is 12.5. The van der Waals surface area contributed by atoms with Crippen molar-refractivity contribution in [1.29, 1.82) is 0 Å². The minimum Gasteiger partial charge on any atom is -0.345 e. The molecule has 0 aliphatic carbocycles. The van der Waals surface area contributed by atoms with Crippen molar-refractivity contribution < 1.29 is 24.0 Å². The number of nitrogens with zero attached hydrogens (tertiary/aromatic N) is 10. The van der Waals surface area contributed by atoms with Gasteiger partial charge in [0.05, 0.1) is 0 Å². The van der Waals surface area contributed by atoms with Gasteiger partial charge in [0, 0.05) is 146 Å². The zero-order chi connectivity index (χ0) is 68.8. The predicted molar refractivity (Wildman–Crippen MR) is 388 cm³/mol. The Hall–Kier alpha value is -6.75. The van der Waals surface area contributed by atoms with Gasteiger partial charge in [-0.2, -0.15) is 0 Å². The molecule has 0 saturated carbocycles. The summed E-state index contributed by atoms with van der Waals surface area (Å²) >= 11 is 0. The molecule has 94 heavy (non-hydrogen) atoms. The maximum Gasteiger partial charge on any atom is 0.253 e. The molecule has 0 aromatic heterocycles. The fourth-order valence-electron chi connectivity index (χ4n) is 12.3. The molecule has 5 fully saturated rings. The zero-order valence-corrected chi connectivity index (χ0v) is 60.7. The van der Waals surface area contributed by atoms with Crippen LogP contribution in [0.25, 0.3) is 0 Å². The molecule has 1 unspecified atom stereocenters. The van der Waals surface area contributed by atoms with Crippen molar-refractivity contribution in [3.8, 4) is 0 Å². The molecule has 0 N–H and O–H groups in total. The van der Waals surface area contributed by atoms with E-state index in [0.29, 0.717) is 41.7 Å². The Balaban J connectivity index is 0.000000188. The second-order valence-electron chi connectivity index (χ2n) is 28.4. The SMILES string of the molecule is CC(C)c1ccc(C(=O)N(C)C)cc1.CC(C)c1ccc(C(=O)N2CCC(N(C)C)C2)cc1.CC(C)c1ccc(C(=O)N2CCN(C)CC2)cc1.CC(C)c1ccc(C(=O)N2CCN(C3CCN(C)CC3)CC2)cc1.CCN1CCN(C(=O)c2ccc(C(C)C)cc2)CC1. The summed E-state index contributed by atoms with van der Waals surface area (Å²) in [6.07, 6.45) is 3.60. The summed E-state index contributed by atoms with van der Waals surface area (Å²) in [5, 5.41) is 0. The number of hydrogen-bond donors (Lipinski definition) is 0. The molecule has 5 aromatic rings. The summed E-state index contributed by atoms with van der Waals surface area (Å²) in [5.74, 6) is 3.30. The third-order valence-electron chi connectivity index (χ3n) is 19.4. The van der Waals surface area contributed by atoms with Gasteiger partial charge in [0.25, 0.3) is 29.5 Å². The Kier molecular flexibility index (Phi) is 30.4. The summed E-state index contributed by atoms with van der Waals surface area (Å²) in [7, 11) is 12.0. The van der Waals surface area contributed by atoms with Crippen LogP contribution in [-0.2, 0) is 0 Å². The number of piperidine rings is 1. The lowest BCUT2D eigenvalue weighted by Gasteiger charge is -2.42. The van der Waals surface area contributed by atoms with Gasteiger partial charge in [-0.25, -0.2) is 0 Å². The summed E-state index contributed by atoms with van der Waals surface area (Å²) in [6, 6.07) is 41.3. The van der Waals surface area contributed by atoms with Crippen LogP contribution in [0.2, 0.25) is 0 Å². The summed E-state index contributed by atoms with van der Waals surface area (Å²) in [5.41, 5.74) is 10.4. The van der Waals surface area contributed by atoms with E-state index in [2.05, 4.69) is 177 Å². The monoisotopic (exact) mass is 1290 g/mol. The molecule has 1 atom stereocenters. The quantitative estimate of drug-likeness (QED) is 0.113. The minimum absolute atomic E-state index is 0.0558. The van der Waals surface area contributed by atoms with Crippen LogP contribution >= 0.6 is 0 Å². The molecular weight excluding hydrogens is 1170 g/mol. The normalized spacial score (nSPS) is 17.7. The van der Waals surface area contributed by atoms with Gasteiger partial charge in [-0.15, -0.1) is 0 Å². The second kappa shape index (κ2) is 37.5. The molecule has 0 radical (unpaired) electrons. The highest BCUT2D eigenvalue weighted by molar-refractivity contribution is 5.96. The van der Waals surface area contributed by atoms with E-state index in [0.717, 1.165) is 132 Å². The molecule has 0 spiro atoms. The van der Waals surface area contributed by atoms with Gasteiger partial charge in [-0.3, -0.25) is 28.9 Å². The highest BCUT2D eigenvalue weighted by Gasteiger charge is 2.30. The van der Waals surface area contributed by atoms with E-state index in [4.69, 9.17) is 0 Å². The molecule has 10 rings (SSSR count). The number of piperazine rings is 3. The van der Waals surface area contributed by atoms with E-state index in [1.165, 1.54) is 53.7 Å². The van der Waals surface area contributed by atoms with Crippen LogP contribution in [0.1, 0.15) is 205 Å². The zero-order valence-electron chi connectivity index (χ0n) is 60.7. The van der Waals surface area contributed by atoms with E-state index in [1.807, 2.05) is 92.4 Å². The summed E-state index contributed by atoms with van der Waals surface area (Å²) in [6.45, 7) is 40.0.